The van der Waals surface area contributed by atoms with Crippen LogP contribution in [0.3, 0.4) is 0 Å². The Hall–Kier alpha value is -0.600. The van der Waals surface area contributed by atoms with Crippen LogP contribution >= 0.6 is 12.4 Å². The van der Waals surface area contributed by atoms with Crippen molar-refractivity contribution in [3.05, 3.63) is 30.1 Å². The highest BCUT2D eigenvalue weighted by Crippen LogP contribution is 2.26. The van der Waals surface area contributed by atoms with E-state index in [2.05, 4.69) is 57.1 Å². The van der Waals surface area contributed by atoms with E-state index in [1.165, 1.54) is 5.56 Å². The summed E-state index contributed by atoms with van der Waals surface area (Å²) in [6.07, 6.45) is 4.84. The number of halogens is 1. The van der Waals surface area contributed by atoms with Crippen LogP contribution in [0.5, 0.6) is 0 Å². The summed E-state index contributed by atoms with van der Waals surface area (Å²) in [4.78, 5) is 4.02. The Morgan fingerprint density at radius 2 is 1.59 bits per heavy atom. The van der Waals surface area contributed by atoms with E-state index in [1.54, 1.807) is 0 Å². The zero-order valence-electron chi connectivity index (χ0n) is 11.6. The lowest BCUT2D eigenvalue weighted by Crippen LogP contribution is -2.41. The molecule has 17 heavy (non-hydrogen) atoms. The van der Waals surface area contributed by atoms with E-state index < -0.39 is 0 Å². The van der Waals surface area contributed by atoms with Crippen LogP contribution in [0.25, 0.3) is 0 Å². The van der Waals surface area contributed by atoms with Crippen molar-refractivity contribution in [3.8, 4) is 0 Å². The predicted octanol–water partition coefficient (Wildman–Crippen LogP) is 3.81. The molecule has 1 N–H and O–H groups in total. The first-order chi connectivity index (χ1) is 7.29. The van der Waals surface area contributed by atoms with Crippen LogP contribution in [0.15, 0.2) is 24.5 Å². The van der Waals surface area contributed by atoms with Crippen molar-refractivity contribution in [1.29, 1.82) is 0 Å². The van der Waals surface area contributed by atoms with Crippen LogP contribution in [-0.4, -0.2) is 10.5 Å². The van der Waals surface area contributed by atoms with Crippen LogP contribution in [0, 0.1) is 5.41 Å². The summed E-state index contributed by atoms with van der Waals surface area (Å²) >= 11 is 0. The molecule has 0 aliphatic rings. The van der Waals surface area contributed by atoms with Gasteiger partial charge in [-0.15, -0.1) is 12.4 Å². The maximum absolute atomic E-state index is 4.02. The average molecular weight is 257 g/mol. The predicted molar refractivity (Wildman–Crippen MR) is 76.5 cm³/mol. The molecule has 1 rings (SSSR count). The second kappa shape index (κ2) is 6.36. The van der Waals surface area contributed by atoms with E-state index in [0.29, 0.717) is 5.41 Å². The summed E-state index contributed by atoms with van der Waals surface area (Å²) in [5, 5.41) is 3.60. The molecular formula is C14H25ClN2. The Kier molecular flexibility index (Phi) is 6.14. The monoisotopic (exact) mass is 256 g/mol. The first-order valence-corrected chi connectivity index (χ1v) is 5.92. The van der Waals surface area contributed by atoms with E-state index in [9.17, 15) is 0 Å². The number of hydrogen-bond donors (Lipinski definition) is 1. The molecule has 1 aromatic heterocycles. The van der Waals surface area contributed by atoms with E-state index in [4.69, 9.17) is 0 Å². The normalized spacial score (nSPS) is 12.1. The van der Waals surface area contributed by atoms with Crippen molar-refractivity contribution in [2.75, 3.05) is 0 Å². The molecule has 0 spiro atoms. The zero-order valence-corrected chi connectivity index (χ0v) is 12.4. The fraction of sp³-hybridized carbons (Fsp3) is 0.643. The highest BCUT2D eigenvalue weighted by atomic mass is 35.5. The molecule has 0 aliphatic heterocycles. The fourth-order valence-corrected chi connectivity index (χ4v) is 2.23. The Morgan fingerprint density at radius 1 is 1.06 bits per heavy atom. The highest BCUT2D eigenvalue weighted by Gasteiger charge is 2.24. The van der Waals surface area contributed by atoms with Gasteiger partial charge in [0, 0.05) is 24.5 Å². The van der Waals surface area contributed by atoms with E-state index >= 15 is 0 Å². The van der Waals surface area contributed by atoms with Crippen molar-refractivity contribution in [2.24, 2.45) is 5.41 Å². The molecule has 0 aliphatic carbocycles. The molecule has 0 radical (unpaired) electrons. The third-order valence-corrected chi connectivity index (χ3v) is 2.49. The van der Waals surface area contributed by atoms with Crippen LogP contribution in [0.1, 0.15) is 46.6 Å². The van der Waals surface area contributed by atoms with Crippen molar-refractivity contribution >= 4 is 12.4 Å². The molecule has 0 saturated carbocycles. The van der Waals surface area contributed by atoms with Crippen LogP contribution in [0.4, 0.5) is 0 Å². The van der Waals surface area contributed by atoms with Gasteiger partial charge in [0.2, 0.25) is 0 Å². The summed E-state index contributed by atoms with van der Waals surface area (Å²) in [5.74, 6) is 0. The van der Waals surface area contributed by atoms with Crippen LogP contribution in [0.2, 0.25) is 0 Å². The van der Waals surface area contributed by atoms with Gasteiger partial charge in [0.15, 0.2) is 0 Å². The Bertz CT molecular complexity index is 315. The maximum Gasteiger partial charge on any atom is 0.0271 e. The molecule has 3 heteroatoms. The molecule has 0 unspecified atom stereocenters. The van der Waals surface area contributed by atoms with E-state index in [-0.39, 0.29) is 17.9 Å². The molecule has 0 atom stereocenters. The standard InChI is InChI=1S/C14H24N2.ClH/c1-13(2,3)11-14(4,5)16-10-12-6-8-15-9-7-12;/h6-9,16H,10-11H2,1-5H3;1H. The molecule has 0 aromatic carbocycles. The number of aromatic nitrogens is 1. The second-order valence-electron chi connectivity index (χ2n) is 6.33. The summed E-state index contributed by atoms with van der Waals surface area (Å²) in [6, 6.07) is 4.11. The minimum Gasteiger partial charge on any atom is -0.308 e. The Labute approximate surface area is 112 Å². The molecule has 1 aromatic rings. The quantitative estimate of drug-likeness (QED) is 0.886. The largest absolute Gasteiger partial charge is 0.308 e. The highest BCUT2D eigenvalue weighted by molar-refractivity contribution is 5.85. The van der Waals surface area contributed by atoms with Gasteiger partial charge in [0.05, 0.1) is 0 Å². The van der Waals surface area contributed by atoms with Gasteiger partial charge in [-0.2, -0.15) is 0 Å². The maximum atomic E-state index is 4.02. The lowest BCUT2D eigenvalue weighted by molar-refractivity contribution is 0.240. The molecular weight excluding hydrogens is 232 g/mol. The number of nitrogens with zero attached hydrogens (tertiary/aromatic N) is 1. The van der Waals surface area contributed by atoms with Crippen LogP contribution in [-0.2, 0) is 6.54 Å². The average Bonchev–Trinajstić information content (AvgIpc) is 2.13. The molecule has 1 heterocycles. The van der Waals surface area contributed by atoms with Gasteiger partial charge in [-0.05, 0) is 43.4 Å². The minimum atomic E-state index is 0. The molecule has 98 valence electrons. The van der Waals surface area contributed by atoms with Gasteiger partial charge in [-0.25, -0.2) is 0 Å². The van der Waals surface area contributed by atoms with Gasteiger partial charge >= 0.3 is 0 Å². The third-order valence-electron chi connectivity index (χ3n) is 2.49. The summed E-state index contributed by atoms with van der Waals surface area (Å²) in [6.45, 7) is 12.3. The summed E-state index contributed by atoms with van der Waals surface area (Å²) < 4.78 is 0. The second-order valence-corrected chi connectivity index (χ2v) is 6.33. The lowest BCUT2D eigenvalue weighted by Gasteiger charge is -2.33. The number of rotatable bonds is 4. The topological polar surface area (TPSA) is 24.9 Å². The lowest BCUT2D eigenvalue weighted by atomic mass is 9.82. The summed E-state index contributed by atoms with van der Waals surface area (Å²) in [5.41, 5.74) is 1.81. The molecule has 0 bridgehead atoms. The number of hydrogen-bond acceptors (Lipinski definition) is 2. The van der Waals surface area contributed by atoms with Gasteiger partial charge in [-0.3, -0.25) is 4.98 Å². The van der Waals surface area contributed by atoms with Gasteiger partial charge in [0.1, 0.15) is 0 Å². The first kappa shape index (κ1) is 16.4. The van der Waals surface area contributed by atoms with E-state index in [0.717, 1.165) is 13.0 Å². The van der Waals surface area contributed by atoms with Gasteiger partial charge < -0.3 is 5.32 Å². The molecule has 0 fully saturated rings. The SMILES string of the molecule is CC(C)(C)CC(C)(C)NCc1ccncc1.Cl. The van der Waals surface area contributed by atoms with Gasteiger partial charge in [-0.1, -0.05) is 20.8 Å². The molecule has 0 saturated heterocycles. The Balaban J connectivity index is 0.00000256. The minimum absolute atomic E-state index is 0. The van der Waals surface area contributed by atoms with Crippen molar-refractivity contribution in [2.45, 2.75) is 53.1 Å². The number of pyridine rings is 1. The smallest absolute Gasteiger partial charge is 0.0271 e. The van der Waals surface area contributed by atoms with Crippen molar-refractivity contribution in [3.63, 3.8) is 0 Å². The zero-order chi connectivity index (χ0) is 12.2. The van der Waals surface area contributed by atoms with Crippen molar-refractivity contribution in [1.82, 2.24) is 10.3 Å². The van der Waals surface area contributed by atoms with E-state index in [1.807, 2.05) is 12.4 Å². The Morgan fingerprint density at radius 3 is 2.06 bits per heavy atom. The summed E-state index contributed by atoms with van der Waals surface area (Å²) in [7, 11) is 0. The van der Waals surface area contributed by atoms with Crippen molar-refractivity contribution < 1.29 is 0 Å². The van der Waals surface area contributed by atoms with Gasteiger partial charge in [0.25, 0.3) is 0 Å². The molecule has 2 nitrogen and oxygen atoms in total. The number of nitrogens with one attached hydrogen (secondary N) is 1. The fourth-order valence-electron chi connectivity index (χ4n) is 2.23. The molecule has 0 amide bonds. The third kappa shape index (κ3) is 7.35. The van der Waals surface area contributed by atoms with Crippen LogP contribution < -0.4 is 5.32 Å². The first-order valence-electron chi connectivity index (χ1n) is 5.92.